The third-order valence-corrected chi connectivity index (χ3v) is 1.59. The highest BCUT2D eigenvalue weighted by atomic mass is 16.3. The van der Waals surface area contributed by atoms with Crippen molar-refractivity contribution < 1.29 is 4.42 Å². The summed E-state index contributed by atoms with van der Waals surface area (Å²) in [5.74, 6) is 5.00. The Morgan fingerprint density at radius 2 is 2.31 bits per heavy atom. The molecule has 0 saturated heterocycles. The van der Waals surface area contributed by atoms with Crippen LogP contribution in [0, 0.1) is 23.2 Å². The molecule has 0 aliphatic carbocycles. The first-order valence-corrected chi connectivity index (χ1v) is 3.63. The first kappa shape index (κ1) is 7.39. The van der Waals surface area contributed by atoms with Crippen molar-refractivity contribution in [2.75, 3.05) is 0 Å². The molecule has 0 spiro atoms. The van der Waals surface area contributed by atoms with Gasteiger partial charge in [0.05, 0.1) is 0 Å². The fourth-order valence-corrected chi connectivity index (χ4v) is 1.04. The van der Waals surface area contributed by atoms with E-state index in [0.717, 1.165) is 16.7 Å². The summed E-state index contributed by atoms with van der Waals surface area (Å²) in [5.41, 5.74) is 2.25. The van der Waals surface area contributed by atoms with Gasteiger partial charge in [-0.1, -0.05) is 5.92 Å². The van der Waals surface area contributed by atoms with Crippen molar-refractivity contribution in [2.45, 2.75) is 0 Å². The summed E-state index contributed by atoms with van der Waals surface area (Å²) < 4.78 is 5.05. The van der Waals surface area contributed by atoms with E-state index in [1.165, 1.54) is 6.39 Å². The summed E-state index contributed by atoms with van der Waals surface area (Å²) in [4.78, 5) is 3.97. The van der Waals surface area contributed by atoms with Crippen molar-refractivity contribution in [2.24, 2.45) is 0 Å². The zero-order chi connectivity index (χ0) is 9.10. The number of oxazole rings is 1. The van der Waals surface area contributed by atoms with E-state index in [1.807, 2.05) is 0 Å². The van der Waals surface area contributed by atoms with Crippen LogP contribution >= 0.6 is 0 Å². The standard InChI is InChI=1S/C10H4N2O/c11-5-1-2-8-3-4-10-9(6-8)12-7-13-10/h3-4,6-7H. The Kier molecular flexibility index (Phi) is 1.71. The van der Waals surface area contributed by atoms with Crippen LogP contribution in [0.3, 0.4) is 0 Å². The first-order chi connectivity index (χ1) is 6.40. The summed E-state index contributed by atoms with van der Waals surface area (Å²) in [6.45, 7) is 0. The average Bonchev–Trinajstić information content (AvgIpc) is 2.61. The fraction of sp³-hybridized carbons (Fsp3) is 0. The minimum absolute atomic E-state index is 0.725. The molecule has 0 bridgehead atoms. The zero-order valence-corrected chi connectivity index (χ0v) is 6.61. The van der Waals surface area contributed by atoms with Crippen molar-refractivity contribution in [3.05, 3.63) is 30.2 Å². The third-order valence-electron chi connectivity index (χ3n) is 1.59. The molecule has 0 aliphatic rings. The van der Waals surface area contributed by atoms with Crippen LogP contribution in [0.25, 0.3) is 11.1 Å². The lowest BCUT2D eigenvalue weighted by atomic mass is 10.2. The third kappa shape index (κ3) is 1.36. The molecular weight excluding hydrogens is 164 g/mol. The smallest absolute Gasteiger partial charge is 0.181 e. The van der Waals surface area contributed by atoms with E-state index in [1.54, 1.807) is 24.3 Å². The number of aromatic nitrogens is 1. The molecule has 13 heavy (non-hydrogen) atoms. The van der Waals surface area contributed by atoms with Gasteiger partial charge in [-0.15, -0.1) is 0 Å². The topological polar surface area (TPSA) is 49.8 Å². The van der Waals surface area contributed by atoms with Gasteiger partial charge < -0.3 is 4.42 Å². The Morgan fingerprint density at radius 3 is 3.15 bits per heavy atom. The molecule has 0 radical (unpaired) electrons. The molecule has 0 N–H and O–H groups in total. The van der Waals surface area contributed by atoms with Crippen LogP contribution in [0.5, 0.6) is 0 Å². The van der Waals surface area contributed by atoms with Crippen LogP contribution in [-0.4, -0.2) is 4.98 Å². The monoisotopic (exact) mass is 168 g/mol. The van der Waals surface area contributed by atoms with Gasteiger partial charge in [0.25, 0.3) is 0 Å². The van der Waals surface area contributed by atoms with Gasteiger partial charge in [-0.05, 0) is 18.2 Å². The predicted molar refractivity (Wildman–Crippen MR) is 46.5 cm³/mol. The van der Waals surface area contributed by atoms with Crippen LogP contribution in [0.2, 0.25) is 0 Å². The second-order valence-corrected chi connectivity index (χ2v) is 2.40. The van der Waals surface area contributed by atoms with E-state index in [-0.39, 0.29) is 0 Å². The molecule has 2 rings (SSSR count). The normalized spacial score (nSPS) is 8.85. The summed E-state index contributed by atoms with van der Waals surface area (Å²) in [5, 5.41) is 8.24. The summed E-state index contributed by atoms with van der Waals surface area (Å²) in [6, 6.07) is 7.11. The molecule has 0 saturated carbocycles. The predicted octanol–water partition coefficient (Wildman–Crippen LogP) is 1.70. The van der Waals surface area contributed by atoms with Crippen LogP contribution in [-0.2, 0) is 0 Å². The molecule has 0 aliphatic heterocycles. The van der Waals surface area contributed by atoms with Crippen molar-refractivity contribution in [1.29, 1.82) is 5.26 Å². The quantitative estimate of drug-likeness (QED) is 0.562. The molecule has 1 aromatic carbocycles. The molecule has 0 atom stereocenters. The van der Waals surface area contributed by atoms with Crippen molar-refractivity contribution in [3.8, 4) is 17.9 Å². The highest BCUT2D eigenvalue weighted by Crippen LogP contribution is 2.12. The van der Waals surface area contributed by atoms with Crippen LogP contribution < -0.4 is 0 Å². The molecule has 0 fully saturated rings. The van der Waals surface area contributed by atoms with Crippen molar-refractivity contribution in [1.82, 2.24) is 4.98 Å². The molecule has 0 amide bonds. The molecule has 0 unspecified atom stereocenters. The average molecular weight is 168 g/mol. The van der Waals surface area contributed by atoms with Gasteiger partial charge in [0, 0.05) is 11.5 Å². The second-order valence-electron chi connectivity index (χ2n) is 2.40. The van der Waals surface area contributed by atoms with E-state index in [0.29, 0.717) is 0 Å². The zero-order valence-electron chi connectivity index (χ0n) is 6.61. The number of nitrogens with zero attached hydrogens (tertiary/aromatic N) is 2. The van der Waals surface area contributed by atoms with Crippen LogP contribution in [0.1, 0.15) is 5.56 Å². The summed E-state index contributed by atoms with van der Waals surface area (Å²) in [6.07, 6.45) is 1.38. The van der Waals surface area contributed by atoms with Crippen molar-refractivity contribution >= 4 is 11.1 Å². The number of rotatable bonds is 0. The Labute approximate surface area is 74.6 Å². The first-order valence-electron chi connectivity index (χ1n) is 3.63. The lowest BCUT2D eigenvalue weighted by molar-refractivity contribution is 0.602. The van der Waals surface area contributed by atoms with E-state index < -0.39 is 0 Å². The Morgan fingerprint density at radius 1 is 1.38 bits per heavy atom. The molecule has 1 heterocycles. The number of hydrogen-bond acceptors (Lipinski definition) is 3. The number of nitriles is 1. The molecule has 3 heteroatoms. The largest absolute Gasteiger partial charge is 0.443 e. The molecule has 3 nitrogen and oxygen atoms in total. The Bertz CT molecular complexity index is 537. The van der Waals surface area contributed by atoms with Gasteiger partial charge in [0.15, 0.2) is 18.0 Å². The maximum Gasteiger partial charge on any atom is 0.181 e. The van der Waals surface area contributed by atoms with Crippen LogP contribution in [0.15, 0.2) is 29.0 Å². The SMILES string of the molecule is N#CC#Cc1ccc2ocnc2c1. The summed E-state index contributed by atoms with van der Waals surface area (Å²) >= 11 is 0. The van der Waals surface area contributed by atoms with Gasteiger partial charge in [-0.25, -0.2) is 4.98 Å². The molecular formula is C10H4N2O. The van der Waals surface area contributed by atoms with E-state index in [9.17, 15) is 0 Å². The Balaban J connectivity index is 2.56. The van der Waals surface area contributed by atoms with Gasteiger partial charge in [0.1, 0.15) is 5.52 Å². The number of hydrogen-bond donors (Lipinski definition) is 0. The van der Waals surface area contributed by atoms with Gasteiger partial charge >= 0.3 is 0 Å². The Hall–Kier alpha value is -2.26. The number of fused-ring (bicyclic) bond motifs is 1. The minimum Gasteiger partial charge on any atom is -0.443 e. The number of benzene rings is 1. The fourth-order valence-electron chi connectivity index (χ4n) is 1.04. The van der Waals surface area contributed by atoms with Gasteiger partial charge in [-0.2, -0.15) is 5.26 Å². The van der Waals surface area contributed by atoms with Gasteiger partial charge in [-0.3, -0.25) is 0 Å². The van der Waals surface area contributed by atoms with E-state index in [2.05, 4.69) is 16.8 Å². The molecule has 60 valence electrons. The van der Waals surface area contributed by atoms with E-state index in [4.69, 9.17) is 9.68 Å². The van der Waals surface area contributed by atoms with Crippen LogP contribution in [0.4, 0.5) is 0 Å². The molecule has 1 aromatic heterocycles. The maximum atomic E-state index is 8.24. The maximum absolute atomic E-state index is 8.24. The highest BCUT2D eigenvalue weighted by Gasteiger charge is 1.97. The van der Waals surface area contributed by atoms with E-state index >= 15 is 0 Å². The highest BCUT2D eigenvalue weighted by molar-refractivity contribution is 5.74. The van der Waals surface area contributed by atoms with Gasteiger partial charge in [0.2, 0.25) is 0 Å². The lowest BCUT2D eigenvalue weighted by Gasteiger charge is -1.87. The second kappa shape index (κ2) is 3.00. The van der Waals surface area contributed by atoms with Crippen molar-refractivity contribution in [3.63, 3.8) is 0 Å². The summed E-state index contributed by atoms with van der Waals surface area (Å²) in [7, 11) is 0. The minimum atomic E-state index is 0.725. The molecule has 2 aromatic rings. The lowest BCUT2D eigenvalue weighted by Crippen LogP contribution is -1.73.